The smallest absolute Gasteiger partial charge is 0.421 e. The van der Waals surface area contributed by atoms with Gasteiger partial charge in [0.2, 0.25) is 11.8 Å². The van der Waals surface area contributed by atoms with Gasteiger partial charge >= 0.3 is 6.18 Å². The molecule has 4 aromatic rings. The molecule has 3 atom stereocenters. The summed E-state index contributed by atoms with van der Waals surface area (Å²) in [6.07, 6.45) is -1.76. The summed E-state index contributed by atoms with van der Waals surface area (Å²) in [6, 6.07) is 10.3. The van der Waals surface area contributed by atoms with Gasteiger partial charge in [-0.25, -0.2) is 9.97 Å². The molecule has 0 spiro atoms. The molecule has 9 nitrogen and oxygen atoms in total. The standard InChI is InChI=1S/C33H36F3N5O4/c1-19-13-25-27(7-10-37-31(25)39-19)44-23-6-5-22-8-12-41(20(2)24(22)16-23)30(42)15-21-14-26(33(34,35)36)32(38-17-21)45-28-9-11-40(3)18-29(28)43-4/h5-7,10,13-14,16-17,20,28-29H,8-9,11-12,15,18H2,1-4H3,(H,37,39)/t20-,28+,29-/m0/s1. The number of likely N-dealkylation sites (tertiary alicyclic amines) is 1. The van der Waals surface area contributed by atoms with E-state index < -0.39 is 23.7 Å². The van der Waals surface area contributed by atoms with Gasteiger partial charge < -0.3 is 29.0 Å². The van der Waals surface area contributed by atoms with Gasteiger partial charge in [-0.2, -0.15) is 13.2 Å². The van der Waals surface area contributed by atoms with E-state index in [1.165, 1.54) is 13.3 Å². The minimum absolute atomic E-state index is 0.171. The minimum Gasteiger partial charge on any atom is -0.471 e. The highest BCUT2D eigenvalue weighted by atomic mass is 19.4. The van der Waals surface area contributed by atoms with Crippen LogP contribution in [0.1, 0.15) is 47.3 Å². The average Bonchev–Trinajstić information content (AvgIpc) is 3.39. The number of hydrogen-bond acceptors (Lipinski definition) is 7. The van der Waals surface area contributed by atoms with Crippen LogP contribution in [-0.4, -0.2) is 76.7 Å². The van der Waals surface area contributed by atoms with Crippen molar-refractivity contribution in [1.82, 2.24) is 24.8 Å². The Balaban J connectivity index is 1.18. The number of amides is 1. The summed E-state index contributed by atoms with van der Waals surface area (Å²) in [6.45, 7) is 5.54. The van der Waals surface area contributed by atoms with Crippen molar-refractivity contribution >= 4 is 16.9 Å². The molecule has 1 saturated heterocycles. The van der Waals surface area contributed by atoms with Crippen LogP contribution in [0.3, 0.4) is 0 Å². The van der Waals surface area contributed by atoms with E-state index in [0.717, 1.165) is 33.9 Å². The number of ether oxygens (including phenoxy) is 3. The van der Waals surface area contributed by atoms with Crippen LogP contribution in [0.2, 0.25) is 0 Å². The zero-order chi connectivity index (χ0) is 31.9. The Bertz CT molecular complexity index is 1710. The second-order valence-corrected chi connectivity index (χ2v) is 11.9. The SMILES string of the molecule is CO[C@H]1CN(C)CC[C@H]1Oc1ncc(CC(=O)N2CCc3ccc(Oc4ccnc5[nH]c(C)cc45)cc3[C@@H]2C)cc1C(F)(F)F. The first-order valence-electron chi connectivity index (χ1n) is 15.0. The van der Waals surface area contributed by atoms with Gasteiger partial charge in [0.1, 0.15) is 34.9 Å². The molecule has 12 heteroatoms. The number of nitrogens with zero attached hydrogens (tertiary/aromatic N) is 4. The number of pyridine rings is 2. The van der Waals surface area contributed by atoms with Crippen LogP contribution in [0.15, 0.2) is 48.8 Å². The quantitative estimate of drug-likeness (QED) is 0.276. The van der Waals surface area contributed by atoms with Gasteiger partial charge in [-0.15, -0.1) is 0 Å². The van der Waals surface area contributed by atoms with E-state index in [1.807, 2.05) is 50.1 Å². The van der Waals surface area contributed by atoms with Crippen LogP contribution >= 0.6 is 0 Å². The fourth-order valence-electron chi connectivity index (χ4n) is 6.27. The van der Waals surface area contributed by atoms with Gasteiger partial charge in [0, 0.05) is 44.8 Å². The number of carbonyl (C=O) groups excluding carboxylic acids is 1. The Kier molecular flexibility index (Phi) is 8.45. The van der Waals surface area contributed by atoms with E-state index in [1.54, 1.807) is 17.2 Å². The van der Waals surface area contributed by atoms with Crippen molar-refractivity contribution in [3.63, 3.8) is 0 Å². The minimum atomic E-state index is -4.71. The maximum Gasteiger partial charge on any atom is 0.421 e. The number of aryl methyl sites for hydroxylation is 1. The number of hydrogen-bond donors (Lipinski definition) is 1. The molecule has 5 heterocycles. The molecular weight excluding hydrogens is 587 g/mol. The lowest BCUT2D eigenvalue weighted by atomic mass is 9.92. The highest BCUT2D eigenvalue weighted by molar-refractivity contribution is 5.83. The number of aromatic nitrogens is 3. The molecule has 238 valence electrons. The van der Waals surface area contributed by atoms with Crippen LogP contribution in [-0.2, 0) is 28.5 Å². The maximum atomic E-state index is 14.2. The van der Waals surface area contributed by atoms with Crippen molar-refractivity contribution in [2.24, 2.45) is 0 Å². The highest BCUT2D eigenvalue weighted by Crippen LogP contribution is 2.38. The summed E-state index contributed by atoms with van der Waals surface area (Å²) in [5.74, 6) is 0.506. The van der Waals surface area contributed by atoms with Crippen LogP contribution in [0.25, 0.3) is 11.0 Å². The van der Waals surface area contributed by atoms with Gasteiger partial charge in [0.05, 0.1) is 17.8 Å². The molecule has 45 heavy (non-hydrogen) atoms. The van der Waals surface area contributed by atoms with Crippen molar-refractivity contribution in [2.45, 2.75) is 57.5 Å². The van der Waals surface area contributed by atoms with Gasteiger partial charge in [0.25, 0.3) is 0 Å². The molecule has 6 rings (SSSR count). The van der Waals surface area contributed by atoms with Gasteiger partial charge in [-0.3, -0.25) is 4.79 Å². The second-order valence-electron chi connectivity index (χ2n) is 11.9. The highest BCUT2D eigenvalue weighted by Gasteiger charge is 2.38. The van der Waals surface area contributed by atoms with Crippen molar-refractivity contribution in [3.05, 3.63) is 76.7 Å². The number of rotatable bonds is 7. The Morgan fingerprint density at radius 1 is 1.11 bits per heavy atom. The maximum absolute atomic E-state index is 14.2. The zero-order valence-electron chi connectivity index (χ0n) is 25.6. The topological polar surface area (TPSA) is 92.8 Å². The molecule has 0 bridgehead atoms. The first-order valence-corrected chi connectivity index (χ1v) is 15.0. The average molecular weight is 624 g/mol. The molecule has 0 unspecified atom stereocenters. The molecule has 1 fully saturated rings. The Morgan fingerprint density at radius 3 is 2.71 bits per heavy atom. The van der Waals surface area contributed by atoms with Crippen LogP contribution in [0.5, 0.6) is 17.4 Å². The molecule has 0 saturated carbocycles. The number of fused-ring (bicyclic) bond motifs is 2. The first kappa shape index (κ1) is 30.8. The van der Waals surface area contributed by atoms with Gasteiger partial charge in [-0.05, 0) is 80.8 Å². The monoisotopic (exact) mass is 623 g/mol. The van der Waals surface area contributed by atoms with Crippen molar-refractivity contribution < 1.29 is 32.2 Å². The van der Waals surface area contributed by atoms with Crippen molar-refractivity contribution in [1.29, 1.82) is 0 Å². The van der Waals surface area contributed by atoms with E-state index in [2.05, 4.69) is 15.0 Å². The molecule has 0 aliphatic carbocycles. The molecular formula is C33H36F3N5O4. The largest absolute Gasteiger partial charge is 0.471 e. The number of piperidine rings is 1. The number of alkyl halides is 3. The molecule has 2 aliphatic rings. The molecule has 2 aliphatic heterocycles. The summed E-state index contributed by atoms with van der Waals surface area (Å²) in [5.41, 5.74) is 2.91. The lowest BCUT2D eigenvalue weighted by Gasteiger charge is -2.36. The van der Waals surface area contributed by atoms with Gasteiger partial charge in [-0.1, -0.05) is 6.07 Å². The third kappa shape index (κ3) is 6.48. The Hall–Kier alpha value is -4.16. The van der Waals surface area contributed by atoms with Crippen LogP contribution in [0, 0.1) is 6.92 Å². The number of carbonyl (C=O) groups is 1. The number of aromatic amines is 1. The summed E-state index contributed by atoms with van der Waals surface area (Å²) >= 11 is 0. The lowest BCUT2D eigenvalue weighted by molar-refractivity contribution is -0.141. The molecule has 1 amide bonds. The molecule has 3 aromatic heterocycles. The zero-order valence-corrected chi connectivity index (χ0v) is 25.6. The number of likely N-dealkylation sites (N-methyl/N-ethyl adjacent to an activating group) is 1. The van der Waals surface area contributed by atoms with Crippen molar-refractivity contribution in [3.8, 4) is 17.4 Å². The van der Waals surface area contributed by atoms with Crippen molar-refractivity contribution in [2.75, 3.05) is 33.8 Å². The molecule has 0 radical (unpaired) electrons. The first-order chi connectivity index (χ1) is 21.5. The normalized spacial score (nSPS) is 20.7. The Labute approximate surface area is 259 Å². The number of H-pyrrole nitrogens is 1. The summed E-state index contributed by atoms with van der Waals surface area (Å²) in [5, 5.41) is 0.866. The Morgan fingerprint density at radius 2 is 1.93 bits per heavy atom. The predicted octanol–water partition coefficient (Wildman–Crippen LogP) is 5.86. The number of halogens is 3. The third-order valence-corrected chi connectivity index (χ3v) is 8.67. The van der Waals surface area contributed by atoms with Crippen LogP contribution in [0.4, 0.5) is 13.2 Å². The van der Waals surface area contributed by atoms with E-state index in [-0.39, 0.29) is 30.0 Å². The van der Waals surface area contributed by atoms with E-state index in [4.69, 9.17) is 14.2 Å². The fraction of sp³-hybridized carbons (Fsp3) is 0.424. The number of nitrogens with one attached hydrogen (secondary N) is 1. The molecule has 1 N–H and O–H groups in total. The predicted molar refractivity (Wildman–Crippen MR) is 161 cm³/mol. The van der Waals surface area contributed by atoms with Gasteiger partial charge in [0.15, 0.2) is 0 Å². The lowest BCUT2D eigenvalue weighted by Crippen LogP contribution is -2.48. The summed E-state index contributed by atoms with van der Waals surface area (Å²) in [4.78, 5) is 28.9. The second kappa shape index (κ2) is 12.3. The fourth-order valence-corrected chi connectivity index (χ4v) is 6.27. The van der Waals surface area contributed by atoms with E-state index in [9.17, 15) is 18.0 Å². The van der Waals surface area contributed by atoms with Crippen LogP contribution < -0.4 is 9.47 Å². The number of benzene rings is 1. The van der Waals surface area contributed by atoms with E-state index >= 15 is 0 Å². The third-order valence-electron chi connectivity index (χ3n) is 8.67. The molecule has 1 aromatic carbocycles. The number of methoxy groups -OCH3 is 1. The summed E-state index contributed by atoms with van der Waals surface area (Å²) < 4.78 is 59.9. The summed E-state index contributed by atoms with van der Waals surface area (Å²) in [7, 11) is 3.44. The van der Waals surface area contributed by atoms with E-state index in [0.29, 0.717) is 44.0 Å².